The maximum absolute atomic E-state index is 14.4. The molecule has 2 aliphatic heterocycles. The highest BCUT2D eigenvalue weighted by atomic mass is 19.3. The van der Waals surface area contributed by atoms with E-state index in [2.05, 4.69) is 4.98 Å². The summed E-state index contributed by atoms with van der Waals surface area (Å²) >= 11 is 0. The first-order chi connectivity index (χ1) is 11.7. The maximum Gasteiger partial charge on any atom is 0.266 e. The van der Waals surface area contributed by atoms with E-state index >= 15 is 0 Å². The fourth-order valence-electron chi connectivity index (χ4n) is 3.75. The molecule has 6 nitrogen and oxygen atoms in total. The molecule has 3 rings (SSSR count). The summed E-state index contributed by atoms with van der Waals surface area (Å²) in [6.45, 7) is -0.171. The summed E-state index contributed by atoms with van der Waals surface area (Å²) in [5, 5.41) is 0. The number of carbonyl (C=O) groups excluding carboxylic acids is 2. The second kappa shape index (κ2) is 6.33. The van der Waals surface area contributed by atoms with Gasteiger partial charge < -0.3 is 14.7 Å². The molecule has 0 N–H and O–H groups in total. The Labute approximate surface area is 145 Å². The molecule has 2 saturated heterocycles. The van der Waals surface area contributed by atoms with Crippen LogP contribution in [0.2, 0.25) is 0 Å². The molecule has 2 aliphatic rings. The van der Waals surface area contributed by atoms with Crippen LogP contribution >= 0.6 is 0 Å². The summed E-state index contributed by atoms with van der Waals surface area (Å²) in [4.78, 5) is 33.6. The molecule has 0 aromatic carbocycles. The Morgan fingerprint density at radius 2 is 2.12 bits per heavy atom. The van der Waals surface area contributed by atoms with Gasteiger partial charge in [-0.3, -0.25) is 14.6 Å². The molecule has 0 unspecified atom stereocenters. The Balaban J connectivity index is 1.85. The smallest absolute Gasteiger partial charge is 0.266 e. The van der Waals surface area contributed by atoms with Crippen molar-refractivity contribution in [1.82, 2.24) is 14.8 Å². The normalized spacial score (nSPS) is 25.9. The van der Waals surface area contributed by atoms with Gasteiger partial charge in [0.1, 0.15) is 0 Å². The fourth-order valence-corrected chi connectivity index (χ4v) is 3.75. The van der Waals surface area contributed by atoms with Crippen LogP contribution in [0.1, 0.15) is 12.8 Å². The molecule has 2 fully saturated rings. The van der Waals surface area contributed by atoms with Gasteiger partial charge in [-0.25, -0.2) is 8.78 Å². The third-order valence-electron chi connectivity index (χ3n) is 4.79. The van der Waals surface area contributed by atoms with E-state index in [0.717, 1.165) is 4.90 Å². The zero-order chi connectivity index (χ0) is 18.2. The molecule has 136 valence electrons. The lowest BCUT2D eigenvalue weighted by molar-refractivity contribution is -0.159. The first-order valence-corrected chi connectivity index (χ1v) is 8.25. The Morgan fingerprint density at radius 1 is 1.36 bits per heavy atom. The lowest BCUT2D eigenvalue weighted by Gasteiger charge is -2.43. The average Bonchev–Trinajstić information content (AvgIpc) is 2.82. The molecule has 1 aromatic heterocycles. The number of pyridine rings is 1. The van der Waals surface area contributed by atoms with E-state index in [0.29, 0.717) is 18.7 Å². The van der Waals surface area contributed by atoms with Gasteiger partial charge >= 0.3 is 0 Å². The van der Waals surface area contributed by atoms with Crippen molar-refractivity contribution in [2.24, 2.45) is 5.41 Å². The van der Waals surface area contributed by atoms with Crippen LogP contribution in [0, 0.1) is 5.41 Å². The molecule has 1 atom stereocenters. The molecule has 8 heteroatoms. The molecular formula is C17H22F2N4O2. The molecule has 0 aliphatic carbocycles. The number of likely N-dealkylation sites (tertiary alicyclic amines) is 1. The van der Waals surface area contributed by atoms with Gasteiger partial charge in [-0.15, -0.1) is 0 Å². The predicted molar refractivity (Wildman–Crippen MR) is 88.3 cm³/mol. The van der Waals surface area contributed by atoms with Gasteiger partial charge in [0, 0.05) is 25.7 Å². The summed E-state index contributed by atoms with van der Waals surface area (Å²) in [5.41, 5.74) is -0.621. The summed E-state index contributed by atoms with van der Waals surface area (Å²) in [6, 6.07) is 3.44. The number of hydrogen-bond donors (Lipinski definition) is 0. The van der Waals surface area contributed by atoms with Crippen molar-refractivity contribution in [3.8, 4) is 0 Å². The van der Waals surface area contributed by atoms with Crippen molar-refractivity contribution in [2.45, 2.75) is 18.8 Å². The highest BCUT2D eigenvalue weighted by Gasteiger charge is 2.57. The summed E-state index contributed by atoms with van der Waals surface area (Å²) < 4.78 is 28.7. The third kappa shape index (κ3) is 3.49. The van der Waals surface area contributed by atoms with Crippen LogP contribution in [0.15, 0.2) is 24.5 Å². The SMILES string of the molecule is CN(C)CC(=O)N1CC(F)(F)C[C@]2(CCN(c3cccnc3)C2=O)C1. The number of nitrogens with zero attached hydrogens (tertiary/aromatic N) is 4. The summed E-state index contributed by atoms with van der Waals surface area (Å²) in [7, 11) is 3.42. The van der Waals surface area contributed by atoms with Crippen LogP contribution < -0.4 is 4.90 Å². The van der Waals surface area contributed by atoms with Gasteiger partial charge in [-0.1, -0.05) is 0 Å². The fraction of sp³-hybridized carbons (Fsp3) is 0.588. The minimum absolute atomic E-state index is 0.0465. The zero-order valence-corrected chi connectivity index (χ0v) is 14.4. The Kier molecular flexibility index (Phi) is 4.49. The molecule has 25 heavy (non-hydrogen) atoms. The largest absolute Gasteiger partial charge is 0.334 e. The second-order valence-corrected chi connectivity index (χ2v) is 7.22. The highest BCUT2D eigenvalue weighted by Crippen LogP contribution is 2.46. The van der Waals surface area contributed by atoms with Crippen LogP contribution in [0.25, 0.3) is 0 Å². The van der Waals surface area contributed by atoms with Crippen molar-refractivity contribution >= 4 is 17.5 Å². The van der Waals surface area contributed by atoms with Crippen molar-refractivity contribution in [2.75, 3.05) is 45.2 Å². The summed E-state index contributed by atoms with van der Waals surface area (Å²) in [6.07, 6.45) is 2.94. The number of aromatic nitrogens is 1. The van der Waals surface area contributed by atoms with Crippen LogP contribution in [0.3, 0.4) is 0 Å². The number of anilines is 1. The van der Waals surface area contributed by atoms with Gasteiger partial charge in [0.15, 0.2) is 0 Å². The number of carbonyl (C=O) groups is 2. The lowest BCUT2D eigenvalue weighted by atomic mass is 9.77. The van der Waals surface area contributed by atoms with E-state index in [9.17, 15) is 18.4 Å². The van der Waals surface area contributed by atoms with E-state index in [-0.39, 0.29) is 24.9 Å². The topological polar surface area (TPSA) is 56.8 Å². The van der Waals surface area contributed by atoms with Crippen LogP contribution in [0.5, 0.6) is 0 Å². The minimum Gasteiger partial charge on any atom is -0.334 e. The molecule has 1 aromatic rings. The number of amides is 2. The first-order valence-electron chi connectivity index (χ1n) is 8.25. The molecule has 0 saturated carbocycles. The predicted octanol–water partition coefficient (Wildman–Crippen LogP) is 1.23. The highest BCUT2D eigenvalue weighted by molar-refractivity contribution is 6.00. The molecule has 1 spiro atoms. The second-order valence-electron chi connectivity index (χ2n) is 7.22. The van der Waals surface area contributed by atoms with Crippen LogP contribution in [-0.2, 0) is 9.59 Å². The van der Waals surface area contributed by atoms with E-state index in [1.807, 2.05) is 0 Å². The van der Waals surface area contributed by atoms with Crippen molar-refractivity contribution in [3.05, 3.63) is 24.5 Å². The van der Waals surface area contributed by atoms with E-state index < -0.39 is 24.3 Å². The van der Waals surface area contributed by atoms with Crippen LogP contribution in [0.4, 0.5) is 14.5 Å². The van der Waals surface area contributed by atoms with Crippen molar-refractivity contribution in [1.29, 1.82) is 0 Å². The van der Waals surface area contributed by atoms with Crippen molar-refractivity contribution in [3.63, 3.8) is 0 Å². The molecule has 3 heterocycles. The number of halogens is 2. The monoisotopic (exact) mass is 352 g/mol. The summed E-state index contributed by atoms with van der Waals surface area (Å²) in [5.74, 6) is -3.79. The zero-order valence-electron chi connectivity index (χ0n) is 14.4. The van der Waals surface area contributed by atoms with Gasteiger partial charge in [-0.2, -0.15) is 0 Å². The number of rotatable bonds is 3. The Hall–Kier alpha value is -2.09. The number of alkyl halides is 2. The van der Waals surface area contributed by atoms with Crippen LogP contribution in [-0.4, -0.2) is 72.8 Å². The minimum atomic E-state index is -3.07. The number of likely N-dealkylation sites (N-methyl/N-ethyl adjacent to an activating group) is 1. The number of hydrogen-bond acceptors (Lipinski definition) is 4. The molecule has 2 amide bonds. The van der Waals surface area contributed by atoms with Crippen molar-refractivity contribution < 1.29 is 18.4 Å². The van der Waals surface area contributed by atoms with Gasteiger partial charge in [-0.05, 0) is 32.6 Å². The standard InChI is InChI=1S/C17H22F2N4O2/c1-21(2)9-14(24)22-11-16(10-17(18,19)12-22)5-7-23(15(16)25)13-4-3-6-20-8-13/h3-4,6,8H,5,7,9-12H2,1-2H3/t16-/m1/s1. The molecule has 0 bridgehead atoms. The molecule has 0 radical (unpaired) electrons. The van der Waals surface area contributed by atoms with Gasteiger partial charge in [0.25, 0.3) is 5.92 Å². The van der Waals surface area contributed by atoms with E-state index in [1.165, 1.54) is 4.90 Å². The molecular weight excluding hydrogens is 330 g/mol. The first kappa shape index (κ1) is 17.7. The average molecular weight is 352 g/mol. The van der Waals surface area contributed by atoms with Gasteiger partial charge in [0.05, 0.1) is 30.4 Å². The van der Waals surface area contributed by atoms with E-state index in [4.69, 9.17) is 0 Å². The van der Waals surface area contributed by atoms with E-state index in [1.54, 1.807) is 43.5 Å². The van der Waals surface area contributed by atoms with Gasteiger partial charge in [0.2, 0.25) is 11.8 Å². The maximum atomic E-state index is 14.4. The quantitative estimate of drug-likeness (QED) is 0.821. The Bertz CT molecular complexity index is 668. The lowest BCUT2D eigenvalue weighted by Crippen LogP contribution is -2.58. The third-order valence-corrected chi connectivity index (χ3v) is 4.79. The Morgan fingerprint density at radius 3 is 2.76 bits per heavy atom. The number of piperidine rings is 1.